The molecule has 0 fully saturated rings. The predicted molar refractivity (Wildman–Crippen MR) is 95.7 cm³/mol. The fourth-order valence-corrected chi connectivity index (χ4v) is 3.28. The second-order valence-electron chi connectivity index (χ2n) is 7.38. The molecule has 0 spiro atoms. The van der Waals surface area contributed by atoms with E-state index >= 15 is 0 Å². The molecule has 1 aromatic carbocycles. The Kier molecular flexibility index (Phi) is 5.57. The quantitative estimate of drug-likeness (QED) is 0.617. The van der Waals surface area contributed by atoms with Gasteiger partial charge in [0, 0.05) is 11.8 Å². The van der Waals surface area contributed by atoms with E-state index in [0.29, 0.717) is 23.1 Å². The van der Waals surface area contributed by atoms with Crippen LogP contribution < -0.4 is 4.74 Å². The molecule has 3 atom stereocenters. The average molecular weight is 337 g/mol. The van der Waals surface area contributed by atoms with Crippen LogP contribution in [-0.4, -0.2) is 13.0 Å². The van der Waals surface area contributed by atoms with Gasteiger partial charge in [-0.3, -0.25) is 0 Å². The van der Waals surface area contributed by atoms with E-state index in [-0.39, 0.29) is 23.1 Å². The van der Waals surface area contributed by atoms with E-state index in [1.165, 1.54) is 6.07 Å². The normalized spacial score (nSPS) is 22.7. The summed E-state index contributed by atoms with van der Waals surface area (Å²) in [5.41, 5.74) is 1.91. The van der Waals surface area contributed by atoms with Crippen molar-refractivity contribution >= 4 is 11.6 Å². The standard InChI is InChI=1S/C20H26ClFO/c1-13(20(2,3)4)17-10-14(12-21)6-8-16(17)18-11-15(23-5)7-9-19(18)22/h6-11,13,16-17H,12H2,1-5H3/t13-,16?,17?/m0/s1. The molecule has 0 aromatic heterocycles. The van der Waals surface area contributed by atoms with Gasteiger partial charge in [-0.15, -0.1) is 11.6 Å². The van der Waals surface area contributed by atoms with Gasteiger partial charge in [-0.05, 0) is 46.6 Å². The Morgan fingerprint density at radius 3 is 2.57 bits per heavy atom. The Labute approximate surface area is 144 Å². The minimum Gasteiger partial charge on any atom is -0.497 e. The molecule has 0 heterocycles. The molecule has 1 aromatic rings. The maximum atomic E-state index is 14.5. The van der Waals surface area contributed by atoms with E-state index < -0.39 is 0 Å². The van der Waals surface area contributed by atoms with E-state index in [1.54, 1.807) is 13.2 Å². The van der Waals surface area contributed by atoms with Crippen LogP contribution in [0.5, 0.6) is 5.75 Å². The van der Waals surface area contributed by atoms with Gasteiger partial charge in [-0.2, -0.15) is 0 Å². The van der Waals surface area contributed by atoms with Crippen molar-refractivity contribution < 1.29 is 9.13 Å². The summed E-state index contributed by atoms with van der Waals surface area (Å²) in [6.45, 7) is 8.91. The number of rotatable bonds is 4. The van der Waals surface area contributed by atoms with Crippen LogP contribution in [0.15, 0.2) is 42.0 Å². The van der Waals surface area contributed by atoms with Gasteiger partial charge in [0.1, 0.15) is 11.6 Å². The summed E-state index contributed by atoms with van der Waals surface area (Å²) in [5, 5.41) is 0. The van der Waals surface area contributed by atoms with Crippen LogP contribution in [0, 0.1) is 23.1 Å². The SMILES string of the molecule is COc1ccc(F)c(C2C=CC(CCl)=CC2[C@H](C)C(C)(C)C)c1. The minimum absolute atomic E-state index is 0.00806. The summed E-state index contributed by atoms with van der Waals surface area (Å²) in [6, 6.07) is 4.96. The summed E-state index contributed by atoms with van der Waals surface area (Å²) < 4.78 is 19.7. The second-order valence-corrected chi connectivity index (χ2v) is 7.65. The Morgan fingerprint density at radius 1 is 1.30 bits per heavy atom. The number of ether oxygens (including phenoxy) is 1. The molecule has 0 N–H and O–H groups in total. The lowest BCUT2D eigenvalue weighted by molar-refractivity contribution is 0.192. The molecule has 126 valence electrons. The lowest BCUT2D eigenvalue weighted by atomic mass is 9.66. The first-order chi connectivity index (χ1) is 10.8. The van der Waals surface area contributed by atoms with Crippen molar-refractivity contribution in [2.75, 3.05) is 13.0 Å². The molecule has 0 saturated carbocycles. The highest BCUT2D eigenvalue weighted by Gasteiger charge is 2.34. The predicted octanol–water partition coefficient (Wildman–Crippen LogP) is 5.95. The van der Waals surface area contributed by atoms with Gasteiger partial charge in [0.15, 0.2) is 0 Å². The van der Waals surface area contributed by atoms with Crippen molar-refractivity contribution in [2.24, 2.45) is 17.3 Å². The van der Waals surface area contributed by atoms with Crippen molar-refractivity contribution in [1.82, 2.24) is 0 Å². The smallest absolute Gasteiger partial charge is 0.127 e. The first kappa shape index (κ1) is 18.1. The summed E-state index contributed by atoms with van der Waals surface area (Å²) in [4.78, 5) is 0. The third-order valence-corrected chi connectivity index (χ3v) is 5.31. The van der Waals surface area contributed by atoms with Crippen LogP contribution in [0.1, 0.15) is 39.2 Å². The molecule has 0 aliphatic heterocycles. The van der Waals surface area contributed by atoms with Crippen molar-refractivity contribution in [3.63, 3.8) is 0 Å². The van der Waals surface area contributed by atoms with Crippen molar-refractivity contribution in [1.29, 1.82) is 0 Å². The molecule has 1 nitrogen and oxygen atoms in total. The molecule has 0 bridgehead atoms. The average Bonchev–Trinajstić information content (AvgIpc) is 2.53. The van der Waals surface area contributed by atoms with Gasteiger partial charge in [0.05, 0.1) is 7.11 Å². The van der Waals surface area contributed by atoms with Crippen molar-refractivity contribution in [3.8, 4) is 5.75 Å². The zero-order chi connectivity index (χ0) is 17.2. The maximum Gasteiger partial charge on any atom is 0.127 e. The number of benzene rings is 1. The first-order valence-electron chi connectivity index (χ1n) is 8.06. The largest absolute Gasteiger partial charge is 0.497 e. The highest BCUT2D eigenvalue weighted by atomic mass is 35.5. The number of halogens is 2. The van der Waals surface area contributed by atoms with Crippen LogP contribution >= 0.6 is 11.6 Å². The molecule has 2 rings (SSSR count). The molecule has 23 heavy (non-hydrogen) atoms. The number of allylic oxidation sites excluding steroid dienone is 4. The lowest BCUT2D eigenvalue weighted by Crippen LogP contribution is -2.30. The highest BCUT2D eigenvalue weighted by Crippen LogP contribution is 2.44. The highest BCUT2D eigenvalue weighted by molar-refractivity contribution is 6.19. The molecule has 2 unspecified atom stereocenters. The van der Waals surface area contributed by atoms with E-state index in [2.05, 4.69) is 39.8 Å². The number of methoxy groups -OCH3 is 1. The zero-order valence-corrected chi connectivity index (χ0v) is 15.3. The molecule has 0 saturated heterocycles. The van der Waals surface area contributed by atoms with E-state index in [0.717, 1.165) is 5.57 Å². The van der Waals surface area contributed by atoms with E-state index in [1.807, 2.05) is 12.1 Å². The van der Waals surface area contributed by atoms with Crippen molar-refractivity contribution in [3.05, 3.63) is 53.4 Å². The topological polar surface area (TPSA) is 9.23 Å². The third kappa shape index (κ3) is 3.98. The zero-order valence-electron chi connectivity index (χ0n) is 14.6. The molecular formula is C20H26ClFO. The Bertz CT molecular complexity index is 613. The van der Waals surface area contributed by atoms with E-state index in [4.69, 9.17) is 16.3 Å². The van der Waals surface area contributed by atoms with Gasteiger partial charge in [-0.1, -0.05) is 45.9 Å². The maximum absolute atomic E-state index is 14.5. The number of hydrogen-bond acceptors (Lipinski definition) is 1. The monoisotopic (exact) mass is 336 g/mol. The third-order valence-electron chi connectivity index (χ3n) is 5.00. The van der Waals surface area contributed by atoms with Gasteiger partial charge < -0.3 is 4.74 Å². The molecule has 1 aliphatic rings. The van der Waals surface area contributed by atoms with Crippen LogP contribution in [-0.2, 0) is 0 Å². The van der Waals surface area contributed by atoms with Gasteiger partial charge >= 0.3 is 0 Å². The van der Waals surface area contributed by atoms with Gasteiger partial charge in [0.2, 0.25) is 0 Å². The van der Waals surface area contributed by atoms with Crippen LogP contribution in [0.25, 0.3) is 0 Å². The molecule has 3 heteroatoms. The minimum atomic E-state index is -0.186. The molecule has 0 radical (unpaired) electrons. The second kappa shape index (κ2) is 7.09. The first-order valence-corrected chi connectivity index (χ1v) is 8.59. The van der Waals surface area contributed by atoms with Gasteiger partial charge in [-0.25, -0.2) is 4.39 Å². The van der Waals surface area contributed by atoms with Crippen LogP contribution in [0.3, 0.4) is 0 Å². The Morgan fingerprint density at radius 2 is 2.00 bits per heavy atom. The fraction of sp³-hybridized carbons (Fsp3) is 0.500. The van der Waals surface area contributed by atoms with Crippen LogP contribution in [0.2, 0.25) is 0 Å². The Balaban J connectivity index is 2.47. The van der Waals surface area contributed by atoms with Gasteiger partial charge in [0.25, 0.3) is 0 Å². The summed E-state index contributed by atoms with van der Waals surface area (Å²) in [5.74, 6) is 1.55. The molecule has 0 amide bonds. The summed E-state index contributed by atoms with van der Waals surface area (Å²) in [7, 11) is 1.61. The summed E-state index contributed by atoms with van der Waals surface area (Å²) >= 11 is 6.02. The molecule has 1 aliphatic carbocycles. The summed E-state index contributed by atoms with van der Waals surface area (Å²) in [6.07, 6.45) is 6.32. The fourth-order valence-electron chi connectivity index (χ4n) is 3.10. The van der Waals surface area contributed by atoms with E-state index in [9.17, 15) is 4.39 Å². The Hall–Kier alpha value is -1.28. The lowest BCUT2D eigenvalue weighted by Gasteiger charge is -2.38. The number of hydrogen-bond donors (Lipinski definition) is 0. The van der Waals surface area contributed by atoms with Crippen LogP contribution in [0.4, 0.5) is 4.39 Å². The number of alkyl halides is 1. The molecular weight excluding hydrogens is 311 g/mol. The van der Waals surface area contributed by atoms with Crippen molar-refractivity contribution in [2.45, 2.75) is 33.6 Å².